The summed E-state index contributed by atoms with van der Waals surface area (Å²) in [5, 5.41) is 0.866. The average Bonchev–Trinajstić information content (AvgIpc) is 2.66. The van der Waals surface area contributed by atoms with Gasteiger partial charge in [0.2, 0.25) is 0 Å². The van der Waals surface area contributed by atoms with Crippen LogP contribution >= 0.6 is 0 Å². The third-order valence-corrected chi connectivity index (χ3v) is 3.80. The third kappa shape index (κ3) is 8.54. The van der Waals surface area contributed by atoms with Crippen molar-refractivity contribution in [2.75, 3.05) is 6.54 Å². The second kappa shape index (κ2) is 10.2. The Hall–Kier alpha value is -3.28. The van der Waals surface area contributed by atoms with Gasteiger partial charge in [0.1, 0.15) is 11.2 Å². The van der Waals surface area contributed by atoms with Crippen molar-refractivity contribution in [1.29, 1.82) is 0 Å². The van der Waals surface area contributed by atoms with Crippen LogP contribution in [0.25, 0.3) is 5.57 Å². The Balaban J connectivity index is 2.34. The molecular weight excluding hydrogens is 394 g/mol. The molecule has 1 amide bonds. The summed E-state index contributed by atoms with van der Waals surface area (Å²) in [5.74, 6) is 0. The Labute approximate surface area is 184 Å². The number of hydrogen-bond acceptors (Lipinski definition) is 5. The van der Waals surface area contributed by atoms with Crippen LogP contribution in [0.1, 0.15) is 52.7 Å². The maximum Gasteiger partial charge on any atom is 0.534 e. The smallest absolute Gasteiger partial charge is 0.442 e. The predicted molar refractivity (Wildman–Crippen MR) is 120 cm³/mol. The van der Waals surface area contributed by atoms with Crippen molar-refractivity contribution in [1.82, 2.24) is 5.06 Å². The minimum Gasteiger partial charge on any atom is -0.442 e. The summed E-state index contributed by atoms with van der Waals surface area (Å²) in [6, 6.07) is 19.5. The summed E-state index contributed by atoms with van der Waals surface area (Å²) >= 11 is 0. The Morgan fingerprint density at radius 3 is 1.65 bits per heavy atom. The van der Waals surface area contributed by atoms with Gasteiger partial charge in [-0.3, -0.25) is 4.84 Å². The summed E-state index contributed by atoms with van der Waals surface area (Å²) in [5.41, 5.74) is 1.32. The highest BCUT2D eigenvalue weighted by Crippen LogP contribution is 2.23. The molecule has 0 aromatic heterocycles. The molecule has 2 aromatic rings. The quantitative estimate of drug-likeness (QED) is 0.430. The fraction of sp³-hybridized carbons (Fsp3) is 0.360. The van der Waals surface area contributed by atoms with E-state index in [1.807, 2.05) is 66.7 Å². The average molecular weight is 426 g/mol. The van der Waals surface area contributed by atoms with E-state index in [0.29, 0.717) is 0 Å². The first-order valence-corrected chi connectivity index (χ1v) is 10.2. The number of rotatable bonds is 4. The fourth-order valence-corrected chi connectivity index (χ4v) is 2.63. The van der Waals surface area contributed by atoms with E-state index in [1.54, 1.807) is 41.5 Å². The first-order chi connectivity index (χ1) is 14.4. The van der Waals surface area contributed by atoms with Gasteiger partial charge in [-0.2, -0.15) is 0 Å². The van der Waals surface area contributed by atoms with E-state index in [0.717, 1.165) is 21.8 Å². The number of nitrogens with zero attached hydrogens (tertiary/aromatic N) is 1. The summed E-state index contributed by atoms with van der Waals surface area (Å²) in [6.45, 7) is 10.4. The molecule has 0 radical (unpaired) electrons. The van der Waals surface area contributed by atoms with Gasteiger partial charge in [0.25, 0.3) is 0 Å². The zero-order chi connectivity index (χ0) is 23.1. The van der Waals surface area contributed by atoms with Crippen molar-refractivity contribution in [3.63, 3.8) is 0 Å². The van der Waals surface area contributed by atoms with Crippen molar-refractivity contribution in [2.45, 2.75) is 52.7 Å². The lowest BCUT2D eigenvalue weighted by atomic mass is 9.97. The van der Waals surface area contributed by atoms with Gasteiger partial charge in [0.15, 0.2) is 0 Å². The molecule has 0 saturated heterocycles. The van der Waals surface area contributed by atoms with Gasteiger partial charge in [0, 0.05) is 0 Å². The topological polar surface area (TPSA) is 65.1 Å². The molecule has 2 rings (SSSR count). The first kappa shape index (κ1) is 24.0. The van der Waals surface area contributed by atoms with Crippen LogP contribution in [0.15, 0.2) is 66.7 Å². The molecule has 0 aliphatic carbocycles. The van der Waals surface area contributed by atoms with Crippen molar-refractivity contribution in [2.24, 2.45) is 0 Å². The van der Waals surface area contributed by atoms with Crippen molar-refractivity contribution < 1.29 is 23.9 Å². The van der Waals surface area contributed by atoms with Crippen LogP contribution in [0.2, 0.25) is 0 Å². The molecule has 0 heterocycles. The van der Waals surface area contributed by atoms with Crippen molar-refractivity contribution in [3.05, 3.63) is 77.9 Å². The summed E-state index contributed by atoms with van der Waals surface area (Å²) < 4.78 is 10.6. The van der Waals surface area contributed by atoms with E-state index in [4.69, 9.17) is 14.3 Å². The van der Waals surface area contributed by atoms with Crippen LogP contribution in [-0.2, 0) is 14.3 Å². The number of amides is 1. The Morgan fingerprint density at radius 2 is 1.23 bits per heavy atom. The van der Waals surface area contributed by atoms with Gasteiger partial charge in [-0.05, 0) is 58.2 Å². The van der Waals surface area contributed by atoms with Crippen molar-refractivity contribution in [3.8, 4) is 0 Å². The Morgan fingerprint density at radius 1 is 0.774 bits per heavy atom. The van der Waals surface area contributed by atoms with Gasteiger partial charge in [-0.1, -0.05) is 66.7 Å². The summed E-state index contributed by atoms with van der Waals surface area (Å²) in [7, 11) is 0. The molecule has 0 bridgehead atoms. The molecule has 0 N–H and O–H groups in total. The van der Waals surface area contributed by atoms with Crippen LogP contribution in [0.5, 0.6) is 0 Å². The lowest BCUT2D eigenvalue weighted by molar-refractivity contribution is -0.130. The lowest BCUT2D eigenvalue weighted by Gasteiger charge is -2.26. The minimum absolute atomic E-state index is 0.0206. The Bertz CT molecular complexity index is 852. The van der Waals surface area contributed by atoms with Gasteiger partial charge in [0.05, 0.1) is 6.54 Å². The van der Waals surface area contributed by atoms with Gasteiger partial charge < -0.3 is 9.47 Å². The van der Waals surface area contributed by atoms with E-state index in [9.17, 15) is 9.59 Å². The Kier molecular flexibility index (Phi) is 7.86. The van der Waals surface area contributed by atoms with Crippen LogP contribution in [0.3, 0.4) is 0 Å². The maximum atomic E-state index is 12.7. The SMILES string of the molecule is CC(C)(C)OC(=O)ON(CC=C(c1ccccc1)c1ccccc1)C(=O)OC(C)(C)C. The molecule has 0 saturated carbocycles. The second-order valence-corrected chi connectivity index (χ2v) is 8.95. The van der Waals surface area contributed by atoms with Crippen molar-refractivity contribution >= 4 is 17.8 Å². The molecule has 0 unspecified atom stereocenters. The van der Waals surface area contributed by atoms with Gasteiger partial charge in [-0.25, -0.2) is 9.59 Å². The van der Waals surface area contributed by atoms with Gasteiger partial charge in [-0.15, -0.1) is 5.06 Å². The van der Waals surface area contributed by atoms with Crippen LogP contribution in [-0.4, -0.2) is 35.1 Å². The largest absolute Gasteiger partial charge is 0.534 e. The summed E-state index contributed by atoms with van der Waals surface area (Å²) in [4.78, 5) is 30.1. The zero-order valence-electron chi connectivity index (χ0n) is 19.0. The first-order valence-electron chi connectivity index (χ1n) is 10.2. The van der Waals surface area contributed by atoms with Crippen LogP contribution in [0.4, 0.5) is 9.59 Å². The highest BCUT2D eigenvalue weighted by Gasteiger charge is 2.27. The monoisotopic (exact) mass is 425 g/mol. The van der Waals surface area contributed by atoms with E-state index >= 15 is 0 Å². The number of carbonyl (C=O) groups excluding carboxylic acids is 2. The molecule has 0 fully saturated rings. The standard InChI is InChI=1S/C25H31NO5/c1-24(2,3)29-22(27)26(31-23(28)30-25(4,5)6)18-17-21(19-13-9-7-10-14-19)20-15-11-8-12-16-20/h7-17H,18H2,1-6H3. The highest BCUT2D eigenvalue weighted by molar-refractivity contribution is 5.80. The van der Waals surface area contributed by atoms with Gasteiger partial charge >= 0.3 is 12.2 Å². The molecular formula is C25H31NO5. The zero-order valence-corrected chi connectivity index (χ0v) is 19.0. The lowest BCUT2D eigenvalue weighted by Crippen LogP contribution is -2.40. The number of carbonyl (C=O) groups is 2. The minimum atomic E-state index is -0.979. The third-order valence-electron chi connectivity index (χ3n) is 3.80. The molecule has 2 aromatic carbocycles. The molecule has 6 nitrogen and oxygen atoms in total. The number of hydrogen-bond donors (Lipinski definition) is 0. The molecule has 31 heavy (non-hydrogen) atoms. The molecule has 0 aliphatic rings. The normalized spacial score (nSPS) is 11.3. The van der Waals surface area contributed by atoms with E-state index < -0.39 is 23.5 Å². The van der Waals surface area contributed by atoms with E-state index in [-0.39, 0.29) is 6.54 Å². The predicted octanol–water partition coefficient (Wildman–Crippen LogP) is 6.22. The van der Waals surface area contributed by atoms with Crippen LogP contribution in [0, 0.1) is 0 Å². The number of benzene rings is 2. The highest BCUT2D eigenvalue weighted by atomic mass is 16.8. The van der Waals surface area contributed by atoms with Crippen LogP contribution < -0.4 is 0 Å². The second-order valence-electron chi connectivity index (χ2n) is 8.95. The number of ether oxygens (including phenoxy) is 2. The molecule has 6 heteroatoms. The van der Waals surface area contributed by atoms with E-state index in [2.05, 4.69) is 0 Å². The molecule has 0 aliphatic heterocycles. The molecule has 0 spiro atoms. The molecule has 0 atom stereocenters. The van der Waals surface area contributed by atoms with E-state index in [1.165, 1.54) is 0 Å². The molecule has 166 valence electrons. The maximum absolute atomic E-state index is 12.7. The fourth-order valence-electron chi connectivity index (χ4n) is 2.63. The number of hydroxylamine groups is 2. The summed E-state index contributed by atoms with van der Waals surface area (Å²) in [6.07, 6.45) is 0.0571.